The lowest BCUT2D eigenvalue weighted by Crippen LogP contribution is -2.35. The van der Waals surface area contributed by atoms with Crippen molar-refractivity contribution in [2.75, 3.05) is 4.90 Å². The van der Waals surface area contributed by atoms with Gasteiger partial charge in [0.2, 0.25) is 5.09 Å². The van der Waals surface area contributed by atoms with E-state index in [4.69, 9.17) is 9.56 Å². The van der Waals surface area contributed by atoms with Gasteiger partial charge in [-0.25, -0.2) is 13.6 Å². The molecule has 0 bridgehead atoms. The van der Waals surface area contributed by atoms with Crippen LogP contribution in [0.2, 0.25) is 0 Å². The number of sulfonamides is 1. The van der Waals surface area contributed by atoms with Crippen LogP contribution < -0.4 is 10.0 Å². The van der Waals surface area contributed by atoms with Gasteiger partial charge in [0.15, 0.2) is 5.76 Å². The number of para-hydroxylation sites is 1. The van der Waals surface area contributed by atoms with Crippen molar-refractivity contribution in [2.45, 2.75) is 24.5 Å². The molecule has 2 N–H and O–H groups in total. The fraction of sp³-hybridized carbons (Fsp3) is 0.214. The molecule has 0 saturated carbocycles. The van der Waals surface area contributed by atoms with Gasteiger partial charge in [-0.15, -0.1) is 0 Å². The Morgan fingerprint density at radius 2 is 2.00 bits per heavy atom. The van der Waals surface area contributed by atoms with E-state index in [9.17, 15) is 13.2 Å². The molecule has 3 rings (SSSR count). The van der Waals surface area contributed by atoms with Gasteiger partial charge in [0.05, 0.1) is 0 Å². The first-order chi connectivity index (χ1) is 9.88. The first-order valence-corrected chi connectivity index (χ1v) is 7.96. The fourth-order valence-corrected chi connectivity index (χ4v) is 3.05. The Kier molecular flexibility index (Phi) is 3.11. The van der Waals surface area contributed by atoms with Gasteiger partial charge in [0.25, 0.3) is 15.9 Å². The van der Waals surface area contributed by atoms with Crippen LogP contribution >= 0.6 is 0 Å². The zero-order valence-electron chi connectivity index (χ0n) is 11.3. The van der Waals surface area contributed by atoms with Crippen LogP contribution in [-0.4, -0.2) is 20.4 Å². The molecule has 1 aliphatic rings. The second-order valence-corrected chi connectivity index (χ2v) is 6.51. The largest absolute Gasteiger partial charge is 0.438 e. The number of nitrogens with zero attached hydrogens (tertiary/aromatic N) is 1. The van der Waals surface area contributed by atoms with E-state index in [-0.39, 0.29) is 17.7 Å². The highest BCUT2D eigenvalue weighted by Crippen LogP contribution is 2.33. The highest BCUT2D eigenvalue weighted by Gasteiger charge is 2.33. The summed E-state index contributed by atoms with van der Waals surface area (Å²) in [7, 11) is -3.95. The van der Waals surface area contributed by atoms with Gasteiger partial charge < -0.3 is 9.32 Å². The molecule has 0 fully saturated rings. The van der Waals surface area contributed by atoms with E-state index in [1.165, 1.54) is 12.1 Å². The van der Waals surface area contributed by atoms with E-state index in [1.807, 2.05) is 31.2 Å². The maximum Gasteiger partial charge on any atom is 0.294 e. The zero-order chi connectivity index (χ0) is 15.2. The summed E-state index contributed by atoms with van der Waals surface area (Å²) in [6.07, 6.45) is 0.755. The molecule has 1 aromatic heterocycles. The average molecular weight is 306 g/mol. The number of rotatable bonds is 2. The maximum atomic E-state index is 12.6. The zero-order valence-corrected chi connectivity index (χ0v) is 12.1. The van der Waals surface area contributed by atoms with Crippen LogP contribution in [0.25, 0.3) is 0 Å². The number of furan rings is 1. The summed E-state index contributed by atoms with van der Waals surface area (Å²) in [6, 6.07) is 10.1. The molecule has 0 radical (unpaired) electrons. The fourth-order valence-electron chi connectivity index (χ4n) is 2.58. The molecule has 2 heterocycles. The highest BCUT2D eigenvalue weighted by molar-refractivity contribution is 7.89. The van der Waals surface area contributed by atoms with Crippen LogP contribution in [0.4, 0.5) is 5.69 Å². The van der Waals surface area contributed by atoms with Crippen molar-refractivity contribution < 1.29 is 17.6 Å². The van der Waals surface area contributed by atoms with Crippen LogP contribution in [0.1, 0.15) is 23.0 Å². The molecule has 1 aromatic carbocycles. The quantitative estimate of drug-likeness (QED) is 0.910. The van der Waals surface area contributed by atoms with Crippen molar-refractivity contribution >= 4 is 21.6 Å². The molecule has 0 saturated heterocycles. The summed E-state index contributed by atoms with van der Waals surface area (Å²) in [5.41, 5.74) is 1.90. The Balaban J connectivity index is 1.98. The van der Waals surface area contributed by atoms with Crippen LogP contribution in [0, 0.1) is 0 Å². The lowest BCUT2D eigenvalue weighted by atomic mass is 10.1. The topological polar surface area (TPSA) is 93.6 Å². The summed E-state index contributed by atoms with van der Waals surface area (Å²) in [5, 5.41) is 4.57. The van der Waals surface area contributed by atoms with Gasteiger partial charge in [-0.3, -0.25) is 4.79 Å². The van der Waals surface area contributed by atoms with Crippen LogP contribution in [0.15, 0.2) is 45.9 Å². The third kappa shape index (κ3) is 2.34. The Morgan fingerprint density at radius 3 is 2.67 bits per heavy atom. The van der Waals surface area contributed by atoms with E-state index >= 15 is 0 Å². The third-order valence-electron chi connectivity index (χ3n) is 3.50. The van der Waals surface area contributed by atoms with Gasteiger partial charge >= 0.3 is 0 Å². The van der Waals surface area contributed by atoms with Gasteiger partial charge in [0.1, 0.15) is 0 Å². The van der Waals surface area contributed by atoms with E-state index in [0.29, 0.717) is 0 Å². The van der Waals surface area contributed by atoms with Crippen molar-refractivity contribution in [1.82, 2.24) is 0 Å². The number of nitrogens with two attached hydrogens (primary N) is 1. The Labute approximate surface area is 122 Å². The molecule has 1 amide bonds. The van der Waals surface area contributed by atoms with E-state index < -0.39 is 15.1 Å². The summed E-state index contributed by atoms with van der Waals surface area (Å²) in [4.78, 5) is 14.2. The lowest BCUT2D eigenvalue weighted by Gasteiger charge is -2.21. The van der Waals surface area contributed by atoms with E-state index in [1.54, 1.807) is 4.90 Å². The molecule has 2 aromatic rings. The van der Waals surface area contributed by atoms with Gasteiger partial charge in [-0.05, 0) is 37.1 Å². The molecule has 110 valence electrons. The number of carbonyl (C=O) groups is 1. The molecular formula is C14H14N2O4S. The minimum absolute atomic E-state index is 0.0158. The van der Waals surface area contributed by atoms with Crippen molar-refractivity contribution in [3.05, 3.63) is 47.7 Å². The predicted molar refractivity (Wildman–Crippen MR) is 76.5 cm³/mol. The normalized spacial score (nSPS) is 17.8. The van der Waals surface area contributed by atoms with Gasteiger partial charge in [0, 0.05) is 11.7 Å². The van der Waals surface area contributed by atoms with Crippen LogP contribution in [-0.2, 0) is 16.4 Å². The average Bonchev–Trinajstić information content (AvgIpc) is 3.00. The number of hydrogen-bond acceptors (Lipinski definition) is 4. The van der Waals surface area contributed by atoms with Gasteiger partial charge in [-0.1, -0.05) is 18.2 Å². The Morgan fingerprint density at radius 1 is 1.29 bits per heavy atom. The van der Waals surface area contributed by atoms with Crippen LogP contribution in [0.3, 0.4) is 0 Å². The third-order valence-corrected chi connectivity index (χ3v) is 4.28. The first-order valence-electron chi connectivity index (χ1n) is 6.42. The summed E-state index contributed by atoms with van der Waals surface area (Å²) >= 11 is 0. The van der Waals surface area contributed by atoms with Crippen molar-refractivity contribution in [1.29, 1.82) is 0 Å². The Hall–Kier alpha value is -2.12. The number of amides is 1. The van der Waals surface area contributed by atoms with Crippen molar-refractivity contribution in [3.8, 4) is 0 Å². The molecule has 0 aliphatic carbocycles. The van der Waals surface area contributed by atoms with Crippen molar-refractivity contribution in [2.24, 2.45) is 5.14 Å². The standard InChI is InChI=1S/C14H14N2O4S/c1-9-8-10-4-2-3-5-11(10)16(9)14(17)12-6-7-13(20-12)21(15,18)19/h2-7,9H,8H2,1H3,(H2,15,18,19). The van der Waals surface area contributed by atoms with E-state index in [2.05, 4.69) is 0 Å². The molecule has 7 heteroatoms. The minimum atomic E-state index is -3.95. The van der Waals surface area contributed by atoms with Gasteiger partial charge in [-0.2, -0.15) is 0 Å². The minimum Gasteiger partial charge on any atom is -0.438 e. The van der Waals surface area contributed by atoms with Crippen LogP contribution in [0.5, 0.6) is 0 Å². The number of fused-ring (bicyclic) bond motifs is 1. The number of hydrogen-bond donors (Lipinski definition) is 1. The predicted octanol–water partition coefficient (Wildman–Crippen LogP) is 1.52. The number of anilines is 1. The SMILES string of the molecule is CC1Cc2ccccc2N1C(=O)c1ccc(S(N)(=O)=O)o1. The molecule has 1 atom stereocenters. The second-order valence-electron chi connectivity index (χ2n) is 5.02. The molecule has 0 spiro atoms. The maximum absolute atomic E-state index is 12.6. The second kappa shape index (κ2) is 4.71. The summed E-state index contributed by atoms with van der Waals surface area (Å²) in [6.45, 7) is 1.93. The number of primary sulfonamides is 1. The molecule has 1 aliphatic heterocycles. The lowest BCUT2D eigenvalue weighted by molar-refractivity contribution is 0.0949. The van der Waals surface area contributed by atoms with Crippen molar-refractivity contribution in [3.63, 3.8) is 0 Å². The molecule has 21 heavy (non-hydrogen) atoms. The molecule has 1 unspecified atom stereocenters. The highest BCUT2D eigenvalue weighted by atomic mass is 32.2. The molecule has 6 nitrogen and oxygen atoms in total. The smallest absolute Gasteiger partial charge is 0.294 e. The Bertz CT molecular complexity index is 810. The first kappa shape index (κ1) is 13.8. The summed E-state index contributed by atoms with van der Waals surface area (Å²) < 4.78 is 27.5. The summed E-state index contributed by atoms with van der Waals surface area (Å²) in [5.74, 6) is -0.412. The number of carbonyl (C=O) groups excluding carboxylic acids is 1. The molecular weight excluding hydrogens is 292 g/mol. The monoisotopic (exact) mass is 306 g/mol. The van der Waals surface area contributed by atoms with E-state index in [0.717, 1.165) is 17.7 Å². The number of benzene rings is 1.